The van der Waals surface area contributed by atoms with Crippen LogP contribution in [0.1, 0.15) is 0 Å². The van der Waals surface area contributed by atoms with E-state index < -0.39 is 0 Å². The molecule has 3 rings (SSSR count). The van der Waals surface area contributed by atoms with Gasteiger partial charge in [0.2, 0.25) is 0 Å². The second-order valence-electron chi connectivity index (χ2n) is 5.19. The van der Waals surface area contributed by atoms with Crippen LogP contribution in [0.3, 0.4) is 0 Å². The van der Waals surface area contributed by atoms with Gasteiger partial charge in [-0.1, -0.05) is 30.0 Å². The number of hydrogen-bond donors (Lipinski definition) is 0. The minimum Gasteiger partial charge on any atom is -0.369 e. The van der Waals surface area contributed by atoms with Gasteiger partial charge >= 0.3 is 0 Å². The molecule has 0 saturated carbocycles. The Morgan fingerprint density at radius 1 is 1.00 bits per heavy atom. The lowest BCUT2D eigenvalue weighted by Gasteiger charge is -2.38. The Balaban J connectivity index is 1.59. The largest absolute Gasteiger partial charge is 0.369 e. The molecule has 1 aromatic heterocycles. The number of hydrogen-bond acceptors (Lipinski definition) is 5. The van der Waals surface area contributed by atoms with Gasteiger partial charge in [-0.05, 0) is 24.3 Å². The van der Waals surface area contributed by atoms with Crippen LogP contribution in [-0.2, 0) is 4.79 Å². The lowest BCUT2D eigenvalue weighted by atomic mass is 10.2. The number of aromatic nitrogens is 1. The van der Waals surface area contributed by atoms with E-state index in [1.807, 2.05) is 54.9 Å². The first kappa shape index (κ1) is 15.1. The van der Waals surface area contributed by atoms with E-state index in [1.165, 1.54) is 5.69 Å². The highest BCUT2D eigenvalue weighted by Gasteiger charge is 2.24. The molecular formula is C17H19N3OS. The predicted molar refractivity (Wildman–Crippen MR) is 90.2 cm³/mol. The summed E-state index contributed by atoms with van der Waals surface area (Å²) in [6, 6.07) is 14.2. The SMILES string of the molecule is O=CC(Sc1ccccc1)N1CCN(c2ccncc2)CC1. The van der Waals surface area contributed by atoms with E-state index in [0.29, 0.717) is 0 Å². The van der Waals surface area contributed by atoms with Gasteiger partial charge in [0.25, 0.3) is 0 Å². The molecule has 5 heteroatoms. The Labute approximate surface area is 135 Å². The van der Waals surface area contributed by atoms with Crippen molar-refractivity contribution < 1.29 is 4.79 Å². The maximum atomic E-state index is 11.5. The van der Waals surface area contributed by atoms with Crippen LogP contribution >= 0.6 is 11.8 Å². The summed E-state index contributed by atoms with van der Waals surface area (Å²) >= 11 is 1.62. The van der Waals surface area contributed by atoms with E-state index in [0.717, 1.165) is 37.4 Å². The monoisotopic (exact) mass is 313 g/mol. The Kier molecular flexibility index (Phi) is 5.08. The van der Waals surface area contributed by atoms with Crippen molar-refractivity contribution in [3.05, 3.63) is 54.9 Å². The molecule has 4 nitrogen and oxygen atoms in total. The highest BCUT2D eigenvalue weighted by Crippen LogP contribution is 2.26. The molecule has 22 heavy (non-hydrogen) atoms. The van der Waals surface area contributed by atoms with Gasteiger partial charge in [-0.3, -0.25) is 9.88 Å². The molecule has 2 aromatic rings. The average Bonchev–Trinajstić information content (AvgIpc) is 2.61. The summed E-state index contributed by atoms with van der Waals surface area (Å²) in [7, 11) is 0. The van der Waals surface area contributed by atoms with Crippen LogP contribution in [-0.4, -0.2) is 47.7 Å². The number of anilines is 1. The number of carbonyl (C=O) groups excluding carboxylic acids is 1. The van der Waals surface area contributed by atoms with Gasteiger partial charge in [-0.2, -0.15) is 0 Å². The van der Waals surface area contributed by atoms with Crippen LogP contribution in [0.15, 0.2) is 59.8 Å². The summed E-state index contributed by atoms with van der Waals surface area (Å²) in [6.07, 6.45) is 4.70. The first-order valence-corrected chi connectivity index (χ1v) is 8.31. The molecule has 0 aliphatic carbocycles. The molecule has 0 amide bonds. The van der Waals surface area contributed by atoms with Gasteiger partial charge in [0.05, 0.1) is 0 Å². The zero-order chi connectivity index (χ0) is 15.2. The van der Waals surface area contributed by atoms with Crippen molar-refractivity contribution in [2.75, 3.05) is 31.1 Å². The Hall–Kier alpha value is -1.85. The molecule has 1 fully saturated rings. The maximum Gasteiger partial charge on any atom is 0.147 e. The summed E-state index contributed by atoms with van der Waals surface area (Å²) in [5.74, 6) is 0. The van der Waals surface area contributed by atoms with Gasteiger partial charge in [-0.25, -0.2) is 0 Å². The average molecular weight is 313 g/mol. The normalized spacial score (nSPS) is 17.2. The summed E-state index contributed by atoms with van der Waals surface area (Å²) in [5.41, 5.74) is 1.20. The molecule has 2 heterocycles. The minimum absolute atomic E-state index is 0.109. The van der Waals surface area contributed by atoms with Crippen LogP contribution < -0.4 is 4.90 Å². The molecule has 114 valence electrons. The fraction of sp³-hybridized carbons (Fsp3) is 0.294. The number of carbonyl (C=O) groups is 1. The van der Waals surface area contributed by atoms with Crippen LogP contribution in [0.2, 0.25) is 0 Å². The third-order valence-corrected chi connectivity index (χ3v) is 5.01. The van der Waals surface area contributed by atoms with E-state index in [1.54, 1.807) is 11.8 Å². The van der Waals surface area contributed by atoms with Gasteiger partial charge in [0.1, 0.15) is 11.7 Å². The number of thioether (sulfide) groups is 1. The molecule has 0 spiro atoms. The molecule has 1 aromatic carbocycles. The quantitative estimate of drug-likeness (QED) is 0.626. The number of nitrogens with zero attached hydrogens (tertiary/aromatic N) is 3. The van der Waals surface area contributed by atoms with E-state index in [4.69, 9.17) is 0 Å². The molecule has 0 N–H and O–H groups in total. The number of aldehydes is 1. The summed E-state index contributed by atoms with van der Waals surface area (Å²) in [4.78, 5) is 21.3. The van der Waals surface area contributed by atoms with Crippen molar-refractivity contribution in [1.82, 2.24) is 9.88 Å². The molecule has 1 unspecified atom stereocenters. The zero-order valence-electron chi connectivity index (χ0n) is 12.3. The third-order valence-electron chi connectivity index (χ3n) is 3.82. The maximum absolute atomic E-state index is 11.5. The number of benzene rings is 1. The fourth-order valence-corrected chi connectivity index (χ4v) is 3.62. The standard InChI is InChI=1S/C17H19N3OS/c21-14-17(22-16-4-2-1-3-5-16)20-12-10-19(11-13-20)15-6-8-18-9-7-15/h1-9,14,17H,10-13H2. The highest BCUT2D eigenvalue weighted by molar-refractivity contribution is 8.00. The smallest absolute Gasteiger partial charge is 0.147 e. The second kappa shape index (κ2) is 7.42. The van der Waals surface area contributed by atoms with Crippen molar-refractivity contribution in [3.8, 4) is 0 Å². The second-order valence-corrected chi connectivity index (χ2v) is 6.38. The minimum atomic E-state index is -0.109. The van der Waals surface area contributed by atoms with Crippen molar-refractivity contribution in [3.63, 3.8) is 0 Å². The first-order valence-electron chi connectivity index (χ1n) is 7.43. The Morgan fingerprint density at radius 2 is 1.68 bits per heavy atom. The van der Waals surface area contributed by atoms with Crippen LogP contribution in [0.5, 0.6) is 0 Å². The number of pyridine rings is 1. The summed E-state index contributed by atoms with van der Waals surface area (Å²) in [6.45, 7) is 3.66. The van der Waals surface area contributed by atoms with Crippen molar-refractivity contribution in [1.29, 1.82) is 0 Å². The van der Waals surface area contributed by atoms with Crippen LogP contribution in [0.25, 0.3) is 0 Å². The van der Waals surface area contributed by atoms with E-state index in [9.17, 15) is 4.79 Å². The van der Waals surface area contributed by atoms with Gasteiger partial charge in [0.15, 0.2) is 0 Å². The van der Waals surface area contributed by atoms with Crippen molar-refractivity contribution in [2.45, 2.75) is 10.3 Å². The number of rotatable bonds is 5. The topological polar surface area (TPSA) is 36.4 Å². The third kappa shape index (κ3) is 3.67. The predicted octanol–water partition coefficient (Wildman–Crippen LogP) is 2.52. The molecule has 1 aliphatic heterocycles. The van der Waals surface area contributed by atoms with Gasteiger partial charge in [-0.15, -0.1) is 0 Å². The molecule has 1 saturated heterocycles. The molecule has 0 radical (unpaired) electrons. The lowest BCUT2D eigenvalue weighted by Crippen LogP contribution is -2.50. The van der Waals surface area contributed by atoms with Crippen molar-refractivity contribution in [2.24, 2.45) is 0 Å². The van der Waals surface area contributed by atoms with E-state index in [-0.39, 0.29) is 5.37 Å². The molecular weight excluding hydrogens is 294 g/mol. The summed E-state index contributed by atoms with van der Waals surface area (Å²) in [5, 5.41) is -0.109. The van der Waals surface area contributed by atoms with Gasteiger partial charge in [0, 0.05) is 49.2 Å². The Morgan fingerprint density at radius 3 is 2.32 bits per heavy atom. The van der Waals surface area contributed by atoms with Crippen LogP contribution in [0.4, 0.5) is 5.69 Å². The summed E-state index contributed by atoms with van der Waals surface area (Å²) < 4.78 is 0. The molecule has 1 atom stereocenters. The number of piperazine rings is 1. The van der Waals surface area contributed by atoms with E-state index >= 15 is 0 Å². The highest BCUT2D eigenvalue weighted by atomic mass is 32.2. The molecule has 0 bridgehead atoms. The van der Waals surface area contributed by atoms with Gasteiger partial charge < -0.3 is 9.69 Å². The van der Waals surface area contributed by atoms with E-state index in [2.05, 4.69) is 14.8 Å². The van der Waals surface area contributed by atoms with Crippen LogP contribution in [0, 0.1) is 0 Å². The Bertz CT molecular complexity index is 585. The van der Waals surface area contributed by atoms with Crippen molar-refractivity contribution >= 4 is 23.7 Å². The zero-order valence-corrected chi connectivity index (χ0v) is 13.2. The first-order chi connectivity index (χ1) is 10.9. The lowest BCUT2D eigenvalue weighted by molar-refractivity contribution is -0.109. The molecule has 1 aliphatic rings. The fourth-order valence-electron chi connectivity index (χ4n) is 2.62.